The molecule has 1 saturated heterocycles. The predicted octanol–water partition coefficient (Wildman–Crippen LogP) is 0.554. The maximum Gasteiger partial charge on any atom is 0.167 e. The Bertz CT molecular complexity index is 855. The SMILES string of the molecule is Nc1ncnc2c1ncn2[C@@H]1O[C@H](CSCc2ccco2)[C@@H](O)[C@H]1O. The van der Waals surface area contributed by atoms with Crippen LogP contribution < -0.4 is 5.73 Å². The van der Waals surface area contributed by atoms with E-state index in [1.165, 1.54) is 12.7 Å². The molecule has 1 aliphatic heterocycles. The molecule has 0 spiro atoms. The molecule has 132 valence electrons. The topological polar surface area (TPSA) is 132 Å². The lowest BCUT2D eigenvalue weighted by molar-refractivity contribution is -0.0289. The molecule has 25 heavy (non-hydrogen) atoms. The Labute approximate surface area is 146 Å². The lowest BCUT2D eigenvalue weighted by atomic mass is 10.1. The van der Waals surface area contributed by atoms with Crippen molar-refractivity contribution >= 4 is 28.7 Å². The van der Waals surface area contributed by atoms with E-state index in [4.69, 9.17) is 14.9 Å². The van der Waals surface area contributed by atoms with Gasteiger partial charge in [0, 0.05) is 5.75 Å². The summed E-state index contributed by atoms with van der Waals surface area (Å²) in [6.45, 7) is 0. The van der Waals surface area contributed by atoms with Crippen LogP contribution in [0.15, 0.2) is 35.5 Å². The van der Waals surface area contributed by atoms with Crippen LogP contribution in [0.25, 0.3) is 11.2 Å². The summed E-state index contributed by atoms with van der Waals surface area (Å²) in [5, 5.41) is 20.7. The van der Waals surface area contributed by atoms with Gasteiger partial charge in [-0.1, -0.05) is 0 Å². The van der Waals surface area contributed by atoms with Crippen LogP contribution in [-0.2, 0) is 10.5 Å². The Morgan fingerprint density at radius 1 is 1.24 bits per heavy atom. The zero-order valence-electron chi connectivity index (χ0n) is 13.1. The molecule has 0 aliphatic carbocycles. The smallest absolute Gasteiger partial charge is 0.167 e. The molecule has 3 aromatic heterocycles. The van der Waals surface area contributed by atoms with Crippen LogP contribution in [-0.4, -0.2) is 53.8 Å². The number of aliphatic hydroxyl groups is 2. The molecule has 0 radical (unpaired) electrons. The standard InChI is InChI=1S/C15H17N5O4S/c16-13-10-14(18-6-17-13)20(7-19-10)15-12(22)11(21)9(24-15)5-25-4-8-2-1-3-23-8/h1-3,6-7,9,11-12,15,21-22H,4-5H2,(H2,16,17,18)/t9-,11-,12-,15-/m1/s1. The summed E-state index contributed by atoms with van der Waals surface area (Å²) >= 11 is 1.56. The molecule has 4 heterocycles. The second kappa shape index (κ2) is 6.64. The molecule has 4 atom stereocenters. The Hall–Kier alpha value is -2.14. The molecule has 0 unspecified atom stereocenters. The average molecular weight is 363 g/mol. The number of nitrogen functional groups attached to an aromatic ring is 1. The van der Waals surface area contributed by atoms with E-state index in [0.717, 1.165) is 5.76 Å². The van der Waals surface area contributed by atoms with Gasteiger partial charge in [-0.15, -0.1) is 0 Å². The number of hydrogen-bond acceptors (Lipinski definition) is 9. The van der Waals surface area contributed by atoms with E-state index in [0.29, 0.717) is 22.7 Å². The molecule has 9 nitrogen and oxygen atoms in total. The maximum atomic E-state index is 10.4. The van der Waals surface area contributed by atoms with Crippen molar-refractivity contribution in [3.8, 4) is 0 Å². The van der Waals surface area contributed by atoms with E-state index in [2.05, 4.69) is 15.0 Å². The molecule has 4 N–H and O–H groups in total. The average Bonchev–Trinajstić information content (AvgIpc) is 3.32. The number of aromatic nitrogens is 4. The van der Waals surface area contributed by atoms with Gasteiger partial charge in [0.25, 0.3) is 0 Å². The van der Waals surface area contributed by atoms with Gasteiger partial charge in [0.15, 0.2) is 17.7 Å². The summed E-state index contributed by atoms with van der Waals surface area (Å²) in [6, 6.07) is 3.71. The first kappa shape index (κ1) is 16.3. The number of rotatable bonds is 5. The second-order valence-electron chi connectivity index (χ2n) is 5.72. The summed E-state index contributed by atoms with van der Waals surface area (Å²) < 4.78 is 12.7. The molecule has 0 aromatic carbocycles. The molecular formula is C15H17N5O4S. The van der Waals surface area contributed by atoms with Crippen LogP contribution >= 0.6 is 11.8 Å². The monoisotopic (exact) mass is 363 g/mol. The minimum atomic E-state index is -1.09. The molecule has 1 aliphatic rings. The van der Waals surface area contributed by atoms with Crippen molar-refractivity contribution in [3.63, 3.8) is 0 Å². The number of nitrogens with two attached hydrogens (primary N) is 1. The molecular weight excluding hydrogens is 346 g/mol. The summed E-state index contributed by atoms with van der Waals surface area (Å²) in [7, 11) is 0. The van der Waals surface area contributed by atoms with Gasteiger partial charge in [0.2, 0.25) is 0 Å². The van der Waals surface area contributed by atoms with E-state index in [1.807, 2.05) is 12.1 Å². The van der Waals surface area contributed by atoms with Crippen LogP contribution in [0.5, 0.6) is 0 Å². The Kier molecular flexibility index (Phi) is 4.34. The number of fused-ring (bicyclic) bond motifs is 1. The quantitative estimate of drug-likeness (QED) is 0.594. The summed E-state index contributed by atoms with van der Waals surface area (Å²) in [6.07, 6.45) is 1.02. The highest BCUT2D eigenvalue weighted by atomic mass is 32.2. The van der Waals surface area contributed by atoms with Gasteiger partial charge in [0.05, 0.1) is 24.4 Å². The third-order valence-electron chi connectivity index (χ3n) is 4.10. The van der Waals surface area contributed by atoms with Gasteiger partial charge in [0.1, 0.15) is 29.8 Å². The molecule has 0 saturated carbocycles. The van der Waals surface area contributed by atoms with E-state index in [-0.39, 0.29) is 5.82 Å². The van der Waals surface area contributed by atoms with Crippen LogP contribution in [0.1, 0.15) is 12.0 Å². The van der Waals surface area contributed by atoms with Crippen molar-refractivity contribution in [2.75, 3.05) is 11.5 Å². The fourth-order valence-corrected chi connectivity index (χ4v) is 3.81. The highest BCUT2D eigenvalue weighted by Gasteiger charge is 2.44. The normalized spacial score (nSPS) is 26.5. The number of imidazole rings is 1. The molecule has 4 rings (SSSR count). The molecule has 1 fully saturated rings. The van der Waals surface area contributed by atoms with Gasteiger partial charge in [-0.25, -0.2) is 15.0 Å². The minimum Gasteiger partial charge on any atom is -0.468 e. The molecule has 3 aromatic rings. The van der Waals surface area contributed by atoms with Gasteiger partial charge in [-0.05, 0) is 12.1 Å². The van der Waals surface area contributed by atoms with Crippen LogP contribution in [0.3, 0.4) is 0 Å². The van der Waals surface area contributed by atoms with Crippen LogP contribution in [0, 0.1) is 0 Å². The van der Waals surface area contributed by atoms with Crippen molar-refractivity contribution in [2.24, 2.45) is 0 Å². The molecule has 10 heteroatoms. The number of furan rings is 1. The number of hydrogen-bond donors (Lipinski definition) is 3. The molecule has 0 bridgehead atoms. The largest absolute Gasteiger partial charge is 0.468 e. The Morgan fingerprint density at radius 2 is 2.12 bits per heavy atom. The van der Waals surface area contributed by atoms with Crippen LogP contribution in [0.2, 0.25) is 0 Å². The highest BCUT2D eigenvalue weighted by Crippen LogP contribution is 2.33. The summed E-state index contributed by atoms with van der Waals surface area (Å²) in [5.74, 6) is 2.28. The summed E-state index contributed by atoms with van der Waals surface area (Å²) in [4.78, 5) is 12.2. The van der Waals surface area contributed by atoms with Crippen molar-refractivity contribution in [2.45, 2.75) is 30.3 Å². The summed E-state index contributed by atoms with van der Waals surface area (Å²) in [5.41, 5.74) is 6.66. The second-order valence-corrected chi connectivity index (χ2v) is 6.75. The number of thioether (sulfide) groups is 1. The number of anilines is 1. The first-order valence-electron chi connectivity index (χ1n) is 7.70. The fraction of sp³-hybridized carbons (Fsp3) is 0.400. The van der Waals surface area contributed by atoms with E-state index in [9.17, 15) is 10.2 Å². The van der Waals surface area contributed by atoms with E-state index in [1.54, 1.807) is 22.6 Å². The highest BCUT2D eigenvalue weighted by molar-refractivity contribution is 7.98. The van der Waals surface area contributed by atoms with Crippen molar-refractivity contribution in [1.29, 1.82) is 0 Å². The van der Waals surface area contributed by atoms with Gasteiger partial charge >= 0.3 is 0 Å². The lowest BCUT2D eigenvalue weighted by Gasteiger charge is -2.16. The minimum absolute atomic E-state index is 0.252. The first-order chi connectivity index (χ1) is 12.1. The van der Waals surface area contributed by atoms with Gasteiger partial charge in [-0.2, -0.15) is 11.8 Å². The number of nitrogens with zero attached hydrogens (tertiary/aromatic N) is 4. The zero-order chi connectivity index (χ0) is 17.4. The van der Waals surface area contributed by atoms with Crippen molar-refractivity contribution < 1.29 is 19.4 Å². The van der Waals surface area contributed by atoms with Crippen LogP contribution in [0.4, 0.5) is 5.82 Å². The third kappa shape index (κ3) is 2.97. The first-order valence-corrected chi connectivity index (χ1v) is 8.85. The van der Waals surface area contributed by atoms with E-state index >= 15 is 0 Å². The lowest BCUT2D eigenvalue weighted by Crippen LogP contribution is -2.32. The van der Waals surface area contributed by atoms with Crippen molar-refractivity contribution in [1.82, 2.24) is 19.5 Å². The van der Waals surface area contributed by atoms with Gasteiger partial charge < -0.3 is 25.1 Å². The third-order valence-corrected chi connectivity index (χ3v) is 5.16. The fourth-order valence-electron chi connectivity index (χ4n) is 2.82. The van der Waals surface area contributed by atoms with Gasteiger partial charge in [-0.3, -0.25) is 4.57 Å². The van der Waals surface area contributed by atoms with Crippen molar-refractivity contribution in [3.05, 3.63) is 36.8 Å². The Morgan fingerprint density at radius 3 is 2.92 bits per heavy atom. The maximum absolute atomic E-state index is 10.4. The molecule has 0 amide bonds. The van der Waals surface area contributed by atoms with E-state index < -0.39 is 24.5 Å². The Balaban J connectivity index is 1.48. The predicted molar refractivity (Wildman–Crippen MR) is 90.5 cm³/mol. The zero-order valence-corrected chi connectivity index (χ0v) is 13.9. The number of ether oxygens (including phenoxy) is 1. The number of aliphatic hydroxyl groups excluding tert-OH is 2.